The molecule has 2 heterocycles. The van der Waals surface area contributed by atoms with E-state index in [-0.39, 0.29) is 0 Å². The molecule has 0 spiro atoms. The zero-order valence-electron chi connectivity index (χ0n) is 17.2. The molecule has 3 aliphatic carbocycles. The first-order valence-electron chi connectivity index (χ1n) is 11.2. The molecule has 0 amide bonds. The zero-order valence-corrected chi connectivity index (χ0v) is 17.2. The largest absolute Gasteiger partial charge is 0.299 e. The number of fused-ring (bicyclic) bond motifs is 12. The molecular formula is C29H20N2. The van der Waals surface area contributed by atoms with Crippen molar-refractivity contribution in [1.29, 1.82) is 0 Å². The van der Waals surface area contributed by atoms with E-state index in [1.54, 1.807) is 5.57 Å². The number of para-hydroxylation sites is 1. The van der Waals surface area contributed by atoms with E-state index >= 15 is 0 Å². The van der Waals surface area contributed by atoms with Gasteiger partial charge in [0.05, 0.1) is 5.52 Å². The third-order valence-electron chi connectivity index (χ3n) is 7.63. The highest BCUT2D eigenvalue weighted by molar-refractivity contribution is 6.02. The summed E-state index contributed by atoms with van der Waals surface area (Å²) in [6, 6.07) is 22.7. The van der Waals surface area contributed by atoms with Gasteiger partial charge in [-0.15, -0.1) is 0 Å². The zero-order chi connectivity index (χ0) is 20.1. The van der Waals surface area contributed by atoms with Crippen LogP contribution in [0.3, 0.4) is 0 Å². The molecule has 0 atom stereocenters. The minimum Gasteiger partial charge on any atom is -0.299 e. The molecule has 0 bridgehead atoms. The molecule has 2 nitrogen and oxygen atoms in total. The topological polar surface area (TPSA) is 17.3 Å². The average Bonchev–Trinajstić information content (AvgIpc) is 3.52. The molecule has 0 saturated heterocycles. The standard InChI is InChI=1S/C29H20N2/c1-2-6-21-17(5-1)13-19-15-20-14-18-9-10-23-22-7-3-4-8-26(22)31-12-11-30-29(31)28(23)27(18)25(20)16-24(19)21/h1-8,11-12,15-16H,9-10,13-14H2. The third-order valence-corrected chi connectivity index (χ3v) is 7.63. The lowest BCUT2D eigenvalue weighted by Gasteiger charge is -2.23. The Bertz CT molecular complexity index is 1630. The quantitative estimate of drug-likeness (QED) is 0.292. The monoisotopic (exact) mass is 396 g/mol. The first-order valence-corrected chi connectivity index (χ1v) is 11.2. The average molecular weight is 396 g/mol. The smallest absolute Gasteiger partial charge is 0.145 e. The molecule has 2 aromatic heterocycles. The molecule has 5 aromatic rings. The summed E-state index contributed by atoms with van der Waals surface area (Å²) in [5, 5.41) is 1.37. The van der Waals surface area contributed by atoms with E-state index in [4.69, 9.17) is 4.98 Å². The van der Waals surface area contributed by atoms with Gasteiger partial charge >= 0.3 is 0 Å². The van der Waals surface area contributed by atoms with E-state index in [0.717, 1.165) is 31.3 Å². The van der Waals surface area contributed by atoms with E-state index in [2.05, 4.69) is 71.3 Å². The van der Waals surface area contributed by atoms with Crippen LogP contribution in [-0.2, 0) is 19.3 Å². The molecule has 0 unspecified atom stereocenters. The Balaban J connectivity index is 1.45. The Morgan fingerprint density at radius 2 is 1.61 bits per heavy atom. The first-order chi connectivity index (χ1) is 15.4. The van der Waals surface area contributed by atoms with Crippen LogP contribution in [0.25, 0.3) is 33.3 Å². The van der Waals surface area contributed by atoms with Crippen LogP contribution in [0.15, 0.2) is 78.6 Å². The number of aryl methyl sites for hydroxylation is 1. The van der Waals surface area contributed by atoms with Gasteiger partial charge in [-0.25, -0.2) is 4.98 Å². The van der Waals surface area contributed by atoms with Crippen LogP contribution in [0.2, 0.25) is 0 Å². The Labute approximate surface area is 180 Å². The first kappa shape index (κ1) is 16.1. The van der Waals surface area contributed by atoms with Gasteiger partial charge in [-0.05, 0) is 82.3 Å². The van der Waals surface area contributed by atoms with E-state index in [9.17, 15) is 0 Å². The lowest BCUT2D eigenvalue weighted by atomic mass is 9.83. The number of hydrogen-bond acceptors (Lipinski definition) is 1. The second kappa shape index (κ2) is 5.53. The van der Waals surface area contributed by atoms with Crippen molar-refractivity contribution < 1.29 is 0 Å². The summed E-state index contributed by atoms with van der Waals surface area (Å²) in [6.45, 7) is 0. The number of rotatable bonds is 0. The van der Waals surface area contributed by atoms with Crippen molar-refractivity contribution >= 4 is 22.1 Å². The van der Waals surface area contributed by atoms with Gasteiger partial charge < -0.3 is 0 Å². The highest BCUT2D eigenvalue weighted by Crippen LogP contribution is 2.49. The normalized spacial score (nSPS) is 15.7. The van der Waals surface area contributed by atoms with Gasteiger partial charge in [0, 0.05) is 23.3 Å². The number of allylic oxidation sites excluding steroid dienone is 1. The fraction of sp³-hybridized carbons (Fsp3) is 0.138. The van der Waals surface area contributed by atoms with Gasteiger partial charge in [0.25, 0.3) is 0 Å². The summed E-state index contributed by atoms with van der Waals surface area (Å²) in [6.07, 6.45) is 8.48. The molecule has 3 aromatic carbocycles. The minimum atomic E-state index is 1.06. The van der Waals surface area contributed by atoms with Crippen molar-refractivity contribution in [2.24, 2.45) is 0 Å². The number of imidazole rings is 1. The number of pyridine rings is 1. The Morgan fingerprint density at radius 3 is 2.61 bits per heavy atom. The van der Waals surface area contributed by atoms with Crippen LogP contribution in [0.5, 0.6) is 0 Å². The van der Waals surface area contributed by atoms with Crippen LogP contribution in [0.1, 0.15) is 39.8 Å². The summed E-state index contributed by atoms with van der Waals surface area (Å²) in [5.41, 5.74) is 17.0. The Hall–Kier alpha value is -3.65. The molecule has 3 aliphatic rings. The molecule has 0 saturated carbocycles. The highest BCUT2D eigenvalue weighted by Gasteiger charge is 2.33. The molecule has 8 rings (SSSR count). The predicted octanol–water partition coefficient (Wildman–Crippen LogP) is 6.36. The lowest BCUT2D eigenvalue weighted by Crippen LogP contribution is -2.08. The summed E-state index contributed by atoms with van der Waals surface area (Å²) in [4.78, 5) is 4.85. The Kier molecular flexibility index (Phi) is 2.87. The maximum Gasteiger partial charge on any atom is 0.145 e. The molecule has 2 heteroatoms. The molecule has 31 heavy (non-hydrogen) atoms. The van der Waals surface area contributed by atoms with Crippen LogP contribution >= 0.6 is 0 Å². The van der Waals surface area contributed by atoms with Crippen LogP contribution < -0.4 is 0 Å². The summed E-state index contributed by atoms with van der Waals surface area (Å²) < 4.78 is 2.28. The van der Waals surface area contributed by atoms with Crippen molar-refractivity contribution in [3.8, 4) is 11.1 Å². The van der Waals surface area contributed by atoms with Gasteiger partial charge in [-0.3, -0.25) is 4.40 Å². The second-order valence-electron chi connectivity index (χ2n) is 9.15. The van der Waals surface area contributed by atoms with E-state index in [1.165, 1.54) is 61.0 Å². The van der Waals surface area contributed by atoms with Crippen molar-refractivity contribution in [2.45, 2.75) is 25.7 Å². The fourth-order valence-electron chi connectivity index (χ4n) is 6.34. The van der Waals surface area contributed by atoms with Crippen LogP contribution in [0.4, 0.5) is 0 Å². The van der Waals surface area contributed by atoms with Gasteiger partial charge in [0.15, 0.2) is 0 Å². The second-order valence-corrected chi connectivity index (χ2v) is 9.15. The fourth-order valence-corrected chi connectivity index (χ4v) is 6.34. The molecular weight excluding hydrogens is 376 g/mol. The lowest BCUT2D eigenvalue weighted by molar-refractivity contribution is 0.901. The minimum absolute atomic E-state index is 1.06. The maximum atomic E-state index is 4.85. The van der Waals surface area contributed by atoms with Gasteiger partial charge in [-0.2, -0.15) is 0 Å². The van der Waals surface area contributed by atoms with E-state index < -0.39 is 0 Å². The number of aromatic nitrogens is 2. The van der Waals surface area contributed by atoms with Crippen molar-refractivity contribution in [3.63, 3.8) is 0 Å². The van der Waals surface area contributed by atoms with Crippen LogP contribution in [0, 0.1) is 0 Å². The van der Waals surface area contributed by atoms with Gasteiger partial charge in [0.2, 0.25) is 0 Å². The third kappa shape index (κ3) is 1.96. The maximum absolute atomic E-state index is 4.85. The number of hydrogen-bond donors (Lipinski definition) is 0. The predicted molar refractivity (Wildman–Crippen MR) is 125 cm³/mol. The van der Waals surface area contributed by atoms with Gasteiger partial charge in [-0.1, -0.05) is 54.1 Å². The Morgan fingerprint density at radius 1 is 0.742 bits per heavy atom. The molecule has 0 fully saturated rings. The summed E-state index contributed by atoms with van der Waals surface area (Å²) in [5.74, 6) is 0. The number of nitrogens with zero attached hydrogens (tertiary/aromatic N) is 2. The van der Waals surface area contributed by atoms with Crippen molar-refractivity contribution in [3.05, 3.63) is 112 Å². The number of benzene rings is 3. The molecule has 0 aliphatic heterocycles. The summed E-state index contributed by atoms with van der Waals surface area (Å²) >= 11 is 0. The highest BCUT2D eigenvalue weighted by atomic mass is 15.0. The molecule has 146 valence electrons. The molecule has 0 N–H and O–H groups in total. The van der Waals surface area contributed by atoms with Gasteiger partial charge in [0.1, 0.15) is 5.65 Å². The SMILES string of the molecule is c1ccc2c(c1)Cc1cc3c(cc1-2)C1=C(CCc2c1c1nccn1c1ccccc21)C3. The summed E-state index contributed by atoms with van der Waals surface area (Å²) in [7, 11) is 0. The van der Waals surface area contributed by atoms with E-state index in [0.29, 0.717) is 0 Å². The van der Waals surface area contributed by atoms with Crippen LogP contribution in [-0.4, -0.2) is 9.38 Å². The van der Waals surface area contributed by atoms with Crippen molar-refractivity contribution in [1.82, 2.24) is 9.38 Å². The van der Waals surface area contributed by atoms with Crippen molar-refractivity contribution in [2.75, 3.05) is 0 Å². The molecule has 0 radical (unpaired) electrons. The van der Waals surface area contributed by atoms with E-state index in [1.807, 2.05) is 6.20 Å².